The van der Waals surface area contributed by atoms with E-state index in [2.05, 4.69) is 21.2 Å². The van der Waals surface area contributed by atoms with Gasteiger partial charge in [0.15, 0.2) is 0 Å². The van der Waals surface area contributed by atoms with Gasteiger partial charge >= 0.3 is 0 Å². The number of nitrogens with one attached hydrogen (secondary N) is 1. The highest BCUT2D eigenvalue weighted by Crippen LogP contribution is 2.22. The molecule has 1 aromatic carbocycles. The van der Waals surface area contributed by atoms with E-state index < -0.39 is 21.5 Å². The van der Waals surface area contributed by atoms with Gasteiger partial charge in [0.1, 0.15) is 11.3 Å². The Morgan fingerprint density at radius 1 is 1.09 bits per heavy atom. The molecule has 2 amide bonds. The molecule has 2 aromatic rings. The first kappa shape index (κ1) is 23.9. The first-order valence-corrected chi connectivity index (χ1v) is 13.2. The summed E-state index contributed by atoms with van der Waals surface area (Å²) in [6.07, 6.45) is 0.586. The number of carbonyl (C=O) groups is 2. The lowest BCUT2D eigenvalue weighted by molar-refractivity contribution is 0.0690. The van der Waals surface area contributed by atoms with Crippen LogP contribution in [0, 0.1) is 0 Å². The van der Waals surface area contributed by atoms with Crippen LogP contribution in [0.4, 0.5) is 0 Å². The molecule has 9 nitrogen and oxygen atoms in total. The third-order valence-electron chi connectivity index (χ3n) is 5.76. The summed E-state index contributed by atoms with van der Waals surface area (Å²) in [6.45, 7) is 1.61. The van der Waals surface area contributed by atoms with Gasteiger partial charge in [0, 0.05) is 48.8 Å². The Morgan fingerprint density at radius 2 is 1.82 bits per heavy atom. The lowest BCUT2D eigenvalue weighted by Crippen LogP contribution is -2.48. The van der Waals surface area contributed by atoms with E-state index in [1.807, 2.05) is 0 Å². The Morgan fingerprint density at radius 3 is 2.48 bits per heavy atom. The van der Waals surface area contributed by atoms with E-state index in [9.17, 15) is 22.8 Å². The van der Waals surface area contributed by atoms with Crippen molar-refractivity contribution in [2.24, 2.45) is 0 Å². The van der Waals surface area contributed by atoms with Gasteiger partial charge in [0.2, 0.25) is 10.0 Å². The van der Waals surface area contributed by atoms with E-state index in [0.29, 0.717) is 22.5 Å². The summed E-state index contributed by atoms with van der Waals surface area (Å²) in [7, 11) is -3.24. The number of halogens is 2. The molecule has 1 N–H and O–H groups in total. The Hall–Kier alpha value is -2.21. The summed E-state index contributed by atoms with van der Waals surface area (Å²) >= 11 is 9.20. The summed E-state index contributed by atoms with van der Waals surface area (Å²) in [5, 5.41) is 3.30. The molecule has 0 spiro atoms. The molecule has 0 bridgehead atoms. The van der Waals surface area contributed by atoms with Crippen molar-refractivity contribution in [3.05, 3.63) is 67.0 Å². The second-order valence-electron chi connectivity index (χ2n) is 7.88. The van der Waals surface area contributed by atoms with Crippen LogP contribution in [0.5, 0.6) is 0 Å². The Labute approximate surface area is 204 Å². The van der Waals surface area contributed by atoms with Gasteiger partial charge in [0.25, 0.3) is 17.4 Å². The molecule has 2 aliphatic heterocycles. The number of nitrogens with zero attached hydrogens (tertiary/aromatic N) is 3. The van der Waals surface area contributed by atoms with E-state index >= 15 is 0 Å². The third kappa shape index (κ3) is 5.01. The summed E-state index contributed by atoms with van der Waals surface area (Å²) in [4.78, 5) is 40.2. The quantitative estimate of drug-likeness (QED) is 0.581. The van der Waals surface area contributed by atoms with Crippen molar-refractivity contribution in [2.75, 3.05) is 31.9 Å². The first-order chi connectivity index (χ1) is 15.7. The van der Waals surface area contributed by atoms with Gasteiger partial charge in [-0.05, 0) is 46.1 Å². The predicted molar refractivity (Wildman–Crippen MR) is 127 cm³/mol. The number of carbonyl (C=O) groups excluding carboxylic acids is 2. The van der Waals surface area contributed by atoms with Crippen molar-refractivity contribution in [1.82, 2.24) is 19.1 Å². The molecule has 0 atom stereocenters. The maximum absolute atomic E-state index is 13.0. The molecule has 176 valence electrons. The Balaban J connectivity index is 1.48. The van der Waals surface area contributed by atoms with Crippen LogP contribution in [0.3, 0.4) is 0 Å². The highest BCUT2D eigenvalue weighted by molar-refractivity contribution is 9.10. The van der Waals surface area contributed by atoms with Crippen molar-refractivity contribution in [3.63, 3.8) is 0 Å². The molecule has 0 unspecified atom stereocenters. The normalized spacial score (nSPS) is 17.8. The van der Waals surface area contributed by atoms with Gasteiger partial charge < -0.3 is 14.8 Å². The van der Waals surface area contributed by atoms with Crippen LogP contribution in [0.15, 0.2) is 39.6 Å². The van der Waals surface area contributed by atoms with Crippen molar-refractivity contribution < 1.29 is 18.0 Å². The predicted octanol–water partition coefficient (Wildman–Crippen LogP) is 1.69. The number of amides is 2. The largest absolute Gasteiger partial charge is 0.348 e. The monoisotopic (exact) mass is 556 g/mol. The zero-order chi connectivity index (χ0) is 23.8. The Kier molecular flexibility index (Phi) is 6.94. The van der Waals surface area contributed by atoms with Crippen molar-refractivity contribution in [2.45, 2.75) is 19.5 Å². The maximum atomic E-state index is 13.0. The molecule has 0 saturated carbocycles. The zero-order valence-electron chi connectivity index (χ0n) is 17.6. The third-order valence-corrected chi connectivity index (χ3v) is 8.57. The summed E-state index contributed by atoms with van der Waals surface area (Å²) in [5.74, 6) is -0.789. The molecule has 12 heteroatoms. The summed E-state index contributed by atoms with van der Waals surface area (Å²) < 4.78 is 27.0. The molecule has 0 aliphatic carbocycles. The van der Waals surface area contributed by atoms with Gasteiger partial charge in [0.05, 0.1) is 5.75 Å². The SMILES string of the molecule is O=C(NCc1ccc(Cl)cc1)c1cc(Br)c2n(c1=O)CCN(CCN1CCCS1(=O)=O)C2=O. The van der Waals surface area contributed by atoms with Crippen LogP contribution in [-0.2, 0) is 23.1 Å². The van der Waals surface area contributed by atoms with Crippen LogP contribution in [0.25, 0.3) is 0 Å². The number of hydrogen-bond acceptors (Lipinski definition) is 5. The van der Waals surface area contributed by atoms with Crippen molar-refractivity contribution >= 4 is 49.4 Å². The molecule has 2 aliphatic rings. The highest BCUT2D eigenvalue weighted by Gasteiger charge is 2.32. The lowest BCUT2D eigenvalue weighted by Gasteiger charge is -2.31. The van der Waals surface area contributed by atoms with E-state index in [1.165, 1.54) is 19.8 Å². The molecule has 1 saturated heterocycles. The molecule has 4 rings (SSSR count). The number of hydrogen-bond donors (Lipinski definition) is 1. The van der Waals surface area contributed by atoms with Crippen LogP contribution >= 0.6 is 27.5 Å². The van der Waals surface area contributed by atoms with Crippen molar-refractivity contribution in [1.29, 1.82) is 0 Å². The van der Waals surface area contributed by atoms with E-state index in [0.717, 1.165) is 5.56 Å². The van der Waals surface area contributed by atoms with Gasteiger partial charge in [-0.1, -0.05) is 23.7 Å². The van der Waals surface area contributed by atoms with Gasteiger partial charge in [-0.15, -0.1) is 0 Å². The van der Waals surface area contributed by atoms with E-state index in [4.69, 9.17) is 11.6 Å². The second-order valence-corrected chi connectivity index (χ2v) is 11.3. The topological polar surface area (TPSA) is 109 Å². The van der Waals surface area contributed by atoms with Crippen LogP contribution in [-0.4, -0.2) is 65.9 Å². The van der Waals surface area contributed by atoms with Crippen LogP contribution < -0.4 is 10.9 Å². The van der Waals surface area contributed by atoms with Gasteiger partial charge in [-0.3, -0.25) is 14.4 Å². The van der Waals surface area contributed by atoms with Crippen LogP contribution in [0.1, 0.15) is 32.8 Å². The smallest absolute Gasteiger partial charge is 0.271 e. The minimum atomic E-state index is -3.24. The molecule has 33 heavy (non-hydrogen) atoms. The molecular formula is C21H22BrClN4O5S. The number of pyridine rings is 1. The molecule has 0 radical (unpaired) electrons. The molecule has 1 fully saturated rings. The fourth-order valence-corrected chi connectivity index (χ4v) is 6.22. The first-order valence-electron chi connectivity index (χ1n) is 10.4. The van der Waals surface area contributed by atoms with Crippen LogP contribution in [0.2, 0.25) is 5.02 Å². The van der Waals surface area contributed by atoms with Gasteiger partial charge in [-0.2, -0.15) is 0 Å². The van der Waals surface area contributed by atoms with E-state index in [1.54, 1.807) is 24.3 Å². The average molecular weight is 558 g/mol. The molecule has 1 aromatic heterocycles. The molecular weight excluding hydrogens is 536 g/mol. The Bertz CT molecular complexity index is 1260. The number of rotatable bonds is 6. The number of fused-ring (bicyclic) bond motifs is 1. The van der Waals surface area contributed by atoms with E-state index in [-0.39, 0.29) is 55.6 Å². The standard InChI is InChI=1S/C21H22BrClN4O5S/c22-17-12-16(19(28)24-13-14-2-4-15(23)5-3-14)20(29)27-10-8-25(21(30)18(17)27)7-9-26-6-1-11-33(26,31)32/h2-5,12H,1,6-11,13H2,(H,24,28). The average Bonchev–Trinajstić information content (AvgIpc) is 3.12. The fourth-order valence-electron chi connectivity index (χ4n) is 3.97. The second kappa shape index (κ2) is 9.57. The number of aromatic nitrogens is 1. The fraction of sp³-hybridized carbons (Fsp3) is 0.381. The summed E-state index contributed by atoms with van der Waals surface area (Å²) in [5.41, 5.74) is 0.376. The zero-order valence-corrected chi connectivity index (χ0v) is 20.7. The number of benzene rings is 1. The van der Waals surface area contributed by atoms with Gasteiger partial charge in [-0.25, -0.2) is 12.7 Å². The minimum Gasteiger partial charge on any atom is -0.348 e. The highest BCUT2D eigenvalue weighted by atomic mass is 79.9. The number of sulfonamides is 1. The molecule has 3 heterocycles. The summed E-state index contributed by atoms with van der Waals surface area (Å²) in [6, 6.07) is 8.34. The minimum absolute atomic E-state index is 0.0657. The maximum Gasteiger partial charge on any atom is 0.271 e. The van der Waals surface area contributed by atoms with Crippen molar-refractivity contribution in [3.8, 4) is 0 Å². The lowest BCUT2D eigenvalue weighted by atomic mass is 10.1.